The maximum absolute atomic E-state index is 10.1. The van der Waals surface area contributed by atoms with E-state index < -0.39 is 6.10 Å². The fraction of sp³-hybridized carbons (Fsp3) is 0.625. The molecule has 1 aromatic carbocycles. The molecule has 1 heterocycles. The van der Waals surface area contributed by atoms with Gasteiger partial charge in [0.25, 0.3) is 0 Å². The monoisotopic (exact) mass is 313 g/mol. The van der Waals surface area contributed by atoms with Crippen molar-refractivity contribution in [3.05, 3.63) is 34.9 Å². The number of rotatable bonds is 6. The van der Waals surface area contributed by atoms with E-state index in [4.69, 9.17) is 21.1 Å². The molecule has 0 spiro atoms. The molecule has 118 valence electrons. The molecule has 0 aliphatic carbocycles. The first-order chi connectivity index (χ1) is 10.0. The van der Waals surface area contributed by atoms with Crippen molar-refractivity contribution in [2.45, 2.75) is 38.8 Å². The summed E-state index contributed by atoms with van der Waals surface area (Å²) < 4.78 is 11.2. The van der Waals surface area contributed by atoms with Gasteiger partial charge in [-0.25, -0.2) is 0 Å². The Balaban J connectivity index is 1.70. The number of hydrogen-bond acceptors (Lipinski definition) is 4. The lowest BCUT2D eigenvalue weighted by Crippen LogP contribution is -2.48. The molecule has 4 nitrogen and oxygen atoms in total. The van der Waals surface area contributed by atoms with E-state index in [9.17, 15) is 5.11 Å². The minimum Gasteiger partial charge on any atom is -0.389 e. The topological polar surface area (TPSA) is 41.9 Å². The summed E-state index contributed by atoms with van der Waals surface area (Å²) in [6.07, 6.45) is -0.0695. The van der Waals surface area contributed by atoms with Crippen LogP contribution >= 0.6 is 11.6 Å². The van der Waals surface area contributed by atoms with Crippen molar-refractivity contribution >= 4 is 11.6 Å². The van der Waals surface area contributed by atoms with Crippen LogP contribution in [0.4, 0.5) is 0 Å². The normalized spacial score (nSPS) is 25.0. The zero-order chi connectivity index (χ0) is 15.2. The standard InChI is InChI=1S/C16H24ClNO3/c1-12-7-18(8-13(2)21-12)9-15(19)11-20-10-14-5-3-4-6-16(14)17/h3-6,12-13,15,19H,7-11H2,1-2H3. The average molecular weight is 314 g/mol. The predicted molar refractivity (Wildman–Crippen MR) is 83.6 cm³/mol. The molecule has 1 aliphatic heterocycles. The Bertz CT molecular complexity index is 433. The summed E-state index contributed by atoms with van der Waals surface area (Å²) in [7, 11) is 0. The van der Waals surface area contributed by atoms with Crippen molar-refractivity contribution in [3.8, 4) is 0 Å². The summed E-state index contributed by atoms with van der Waals surface area (Å²) in [4.78, 5) is 2.22. The van der Waals surface area contributed by atoms with Crippen LogP contribution < -0.4 is 0 Å². The van der Waals surface area contributed by atoms with Crippen LogP contribution in [-0.4, -0.2) is 54.6 Å². The van der Waals surface area contributed by atoms with Crippen molar-refractivity contribution < 1.29 is 14.6 Å². The third kappa shape index (κ3) is 5.57. The van der Waals surface area contributed by atoms with Gasteiger partial charge in [-0.15, -0.1) is 0 Å². The minimum absolute atomic E-state index is 0.213. The van der Waals surface area contributed by atoms with Crippen LogP contribution in [0.2, 0.25) is 5.02 Å². The summed E-state index contributed by atoms with van der Waals surface area (Å²) in [5.74, 6) is 0. The molecule has 0 radical (unpaired) electrons. The summed E-state index contributed by atoms with van der Waals surface area (Å²) in [6, 6.07) is 7.59. The third-order valence-electron chi connectivity index (χ3n) is 3.49. The molecule has 21 heavy (non-hydrogen) atoms. The van der Waals surface area contributed by atoms with Crippen molar-refractivity contribution in [2.24, 2.45) is 0 Å². The zero-order valence-electron chi connectivity index (χ0n) is 12.7. The van der Waals surface area contributed by atoms with Gasteiger partial charge in [-0.05, 0) is 25.5 Å². The molecule has 1 fully saturated rings. The molecule has 3 unspecified atom stereocenters. The fourth-order valence-electron chi connectivity index (χ4n) is 2.70. The van der Waals surface area contributed by atoms with Crippen LogP contribution in [0.5, 0.6) is 0 Å². The van der Waals surface area contributed by atoms with Gasteiger partial charge < -0.3 is 14.6 Å². The number of aliphatic hydroxyl groups excluding tert-OH is 1. The Morgan fingerprint density at radius 1 is 1.33 bits per heavy atom. The first-order valence-corrected chi connectivity index (χ1v) is 7.79. The molecule has 0 amide bonds. The zero-order valence-corrected chi connectivity index (χ0v) is 13.4. The highest BCUT2D eigenvalue weighted by Crippen LogP contribution is 2.16. The van der Waals surface area contributed by atoms with Crippen LogP contribution in [0.25, 0.3) is 0 Å². The van der Waals surface area contributed by atoms with E-state index in [1.54, 1.807) is 0 Å². The smallest absolute Gasteiger partial charge is 0.0900 e. The lowest BCUT2D eigenvalue weighted by molar-refractivity contribution is -0.0826. The molecular formula is C16H24ClNO3. The van der Waals surface area contributed by atoms with Crippen LogP contribution in [0.3, 0.4) is 0 Å². The van der Waals surface area contributed by atoms with Gasteiger partial charge in [-0.3, -0.25) is 4.90 Å². The predicted octanol–water partition coefficient (Wildman–Crippen LogP) is 2.33. The largest absolute Gasteiger partial charge is 0.389 e. The fourth-order valence-corrected chi connectivity index (χ4v) is 2.89. The van der Waals surface area contributed by atoms with E-state index in [0.717, 1.165) is 18.7 Å². The highest BCUT2D eigenvalue weighted by molar-refractivity contribution is 6.31. The van der Waals surface area contributed by atoms with Gasteiger partial charge in [0.05, 0.1) is 31.5 Å². The number of benzene rings is 1. The van der Waals surface area contributed by atoms with E-state index in [-0.39, 0.29) is 12.2 Å². The number of β-amino-alcohol motifs (C(OH)–C–C–N with tert-alkyl or cyclic N) is 1. The summed E-state index contributed by atoms with van der Waals surface area (Å²) >= 11 is 6.06. The van der Waals surface area contributed by atoms with E-state index in [1.165, 1.54) is 0 Å². The average Bonchev–Trinajstić information content (AvgIpc) is 2.39. The van der Waals surface area contributed by atoms with Crippen LogP contribution in [0.1, 0.15) is 19.4 Å². The maximum Gasteiger partial charge on any atom is 0.0900 e. The number of aliphatic hydroxyl groups is 1. The number of ether oxygens (including phenoxy) is 2. The first-order valence-electron chi connectivity index (χ1n) is 7.41. The Morgan fingerprint density at radius 2 is 2.00 bits per heavy atom. The van der Waals surface area contributed by atoms with Crippen molar-refractivity contribution in [1.82, 2.24) is 4.90 Å². The molecule has 3 atom stereocenters. The number of halogens is 1. The molecule has 0 aromatic heterocycles. The Hall–Kier alpha value is -0.650. The molecule has 1 aliphatic rings. The van der Waals surface area contributed by atoms with Gasteiger partial charge in [0.2, 0.25) is 0 Å². The van der Waals surface area contributed by atoms with Crippen molar-refractivity contribution in [3.63, 3.8) is 0 Å². The first kappa shape index (κ1) is 16.7. The molecule has 1 N–H and O–H groups in total. The van der Waals surface area contributed by atoms with Gasteiger partial charge in [0, 0.05) is 24.7 Å². The van der Waals surface area contributed by atoms with Gasteiger partial charge in [-0.2, -0.15) is 0 Å². The number of morpholine rings is 1. The summed E-state index contributed by atoms with van der Waals surface area (Å²) in [5, 5.41) is 10.8. The van der Waals surface area contributed by atoms with Crippen LogP contribution in [-0.2, 0) is 16.1 Å². The van der Waals surface area contributed by atoms with E-state index in [1.807, 2.05) is 24.3 Å². The van der Waals surface area contributed by atoms with Gasteiger partial charge >= 0.3 is 0 Å². The van der Waals surface area contributed by atoms with E-state index in [0.29, 0.717) is 24.8 Å². The Kier molecular flexibility index (Phi) is 6.45. The maximum atomic E-state index is 10.1. The van der Waals surface area contributed by atoms with Gasteiger partial charge in [0.15, 0.2) is 0 Å². The summed E-state index contributed by atoms with van der Waals surface area (Å²) in [5.41, 5.74) is 0.944. The molecule has 0 bridgehead atoms. The summed E-state index contributed by atoms with van der Waals surface area (Å²) in [6.45, 7) is 7.17. The van der Waals surface area contributed by atoms with Crippen LogP contribution in [0, 0.1) is 0 Å². The highest BCUT2D eigenvalue weighted by atomic mass is 35.5. The van der Waals surface area contributed by atoms with Crippen LogP contribution in [0.15, 0.2) is 24.3 Å². The molecule has 0 saturated carbocycles. The van der Waals surface area contributed by atoms with Crippen molar-refractivity contribution in [2.75, 3.05) is 26.2 Å². The Morgan fingerprint density at radius 3 is 2.67 bits per heavy atom. The second-order valence-corrected chi connectivity index (χ2v) is 6.14. The molecule has 1 aromatic rings. The second-order valence-electron chi connectivity index (χ2n) is 5.74. The second kappa shape index (κ2) is 8.11. The molecule has 1 saturated heterocycles. The van der Waals surface area contributed by atoms with Crippen molar-refractivity contribution in [1.29, 1.82) is 0 Å². The SMILES string of the molecule is CC1CN(CC(O)COCc2ccccc2Cl)CC(C)O1. The third-order valence-corrected chi connectivity index (χ3v) is 3.86. The quantitative estimate of drug-likeness (QED) is 0.875. The lowest BCUT2D eigenvalue weighted by atomic mass is 10.2. The molecule has 5 heteroatoms. The Labute approximate surface area is 131 Å². The van der Waals surface area contributed by atoms with Gasteiger partial charge in [-0.1, -0.05) is 29.8 Å². The highest BCUT2D eigenvalue weighted by Gasteiger charge is 2.23. The minimum atomic E-state index is -0.495. The number of nitrogens with zero attached hydrogens (tertiary/aromatic N) is 1. The number of hydrogen-bond donors (Lipinski definition) is 1. The lowest BCUT2D eigenvalue weighted by Gasteiger charge is -2.36. The van der Waals surface area contributed by atoms with E-state index >= 15 is 0 Å². The molecule has 2 rings (SSSR count). The van der Waals surface area contributed by atoms with E-state index in [2.05, 4.69) is 18.7 Å². The molecular weight excluding hydrogens is 290 g/mol. The van der Waals surface area contributed by atoms with Gasteiger partial charge in [0.1, 0.15) is 0 Å².